The first kappa shape index (κ1) is 17.6. The van der Waals surface area contributed by atoms with Gasteiger partial charge < -0.3 is 20.1 Å². The highest BCUT2D eigenvalue weighted by Crippen LogP contribution is 2.49. The lowest BCUT2D eigenvalue weighted by molar-refractivity contribution is -0.116. The van der Waals surface area contributed by atoms with Gasteiger partial charge in [-0.15, -0.1) is 0 Å². The Balaban J connectivity index is 1.64. The summed E-state index contributed by atoms with van der Waals surface area (Å²) in [4.78, 5) is 13.3. The molecule has 0 unspecified atom stereocenters. The van der Waals surface area contributed by atoms with Crippen molar-refractivity contribution in [3.8, 4) is 11.5 Å². The van der Waals surface area contributed by atoms with Crippen LogP contribution >= 0.6 is 0 Å². The molecule has 3 aromatic rings. The summed E-state index contributed by atoms with van der Waals surface area (Å²) in [6, 6.07) is 14.7. The first-order valence-corrected chi connectivity index (χ1v) is 9.59. The molecule has 3 N–H and O–H groups in total. The van der Waals surface area contributed by atoms with Crippen LogP contribution in [0.2, 0.25) is 0 Å². The van der Waals surface area contributed by atoms with Crippen LogP contribution in [0.25, 0.3) is 0 Å². The third kappa shape index (κ3) is 2.79. The van der Waals surface area contributed by atoms with Crippen molar-refractivity contribution in [2.45, 2.75) is 31.6 Å². The molecular formula is C23H20N2O4. The van der Waals surface area contributed by atoms with E-state index in [0.717, 1.165) is 16.8 Å². The van der Waals surface area contributed by atoms with Crippen molar-refractivity contribution >= 4 is 11.7 Å². The molecule has 1 aromatic heterocycles. The zero-order valence-electron chi connectivity index (χ0n) is 15.8. The van der Waals surface area contributed by atoms with E-state index < -0.39 is 5.92 Å². The molecular weight excluding hydrogens is 368 g/mol. The summed E-state index contributed by atoms with van der Waals surface area (Å²) >= 11 is 0. The second-order valence-electron chi connectivity index (χ2n) is 7.65. The van der Waals surface area contributed by atoms with Crippen molar-refractivity contribution in [2.75, 3.05) is 5.32 Å². The van der Waals surface area contributed by atoms with E-state index in [0.29, 0.717) is 35.6 Å². The maximum Gasteiger partial charge on any atom is 0.233 e. The van der Waals surface area contributed by atoms with Crippen molar-refractivity contribution in [1.29, 1.82) is 0 Å². The van der Waals surface area contributed by atoms with E-state index in [9.17, 15) is 15.0 Å². The molecule has 6 heteroatoms. The highest BCUT2D eigenvalue weighted by atomic mass is 16.5. The number of nitrogens with zero attached hydrogens (tertiary/aromatic N) is 1. The number of aryl methyl sites for hydroxylation is 1. The number of carbonyl (C=O) groups is 1. The minimum atomic E-state index is -0.400. The van der Waals surface area contributed by atoms with Gasteiger partial charge in [-0.25, -0.2) is 0 Å². The number of carbonyl (C=O) groups excluding carboxylic acids is 1. The molecule has 146 valence electrons. The number of fused-ring (bicyclic) bond motifs is 1. The molecule has 2 aromatic carbocycles. The molecule has 0 saturated heterocycles. The van der Waals surface area contributed by atoms with Gasteiger partial charge >= 0.3 is 0 Å². The highest BCUT2D eigenvalue weighted by molar-refractivity contribution is 6.01. The zero-order valence-corrected chi connectivity index (χ0v) is 15.8. The minimum absolute atomic E-state index is 0.0661. The van der Waals surface area contributed by atoms with E-state index in [1.54, 1.807) is 6.07 Å². The van der Waals surface area contributed by atoms with Gasteiger partial charge in [0, 0.05) is 23.6 Å². The van der Waals surface area contributed by atoms with Gasteiger partial charge in [-0.2, -0.15) is 0 Å². The molecule has 6 nitrogen and oxygen atoms in total. The largest absolute Gasteiger partial charge is 0.504 e. The zero-order chi connectivity index (χ0) is 20.1. The van der Waals surface area contributed by atoms with Crippen molar-refractivity contribution in [3.05, 3.63) is 82.2 Å². The topological polar surface area (TPSA) is 95.6 Å². The van der Waals surface area contributed by atoms with Gasteiger partial charge in [0.1, 0.15) is 0 Å². The number of rotatable bonds is 2. The van der Waals surface area contributed by atoms with Crippen molar-refractivity contribution in [1.82, 2.24) is 5.16 Å². The Labute approximate surface area is 167 Å². The van der Waals surface area contributed by atoms with E-state index >= 15 is 0 Å². The quantitative estimate of drug-likeness (QED) is 0.565. The van der Waals surface area contributed by atoms with Crippen molar-refractivity contribution < 1.29 is 19.5 Å². The molecule has 1 aliphatic heterocycles. The molecule has 1 aliphatic carbocycles. The van der Waals surface area contributed by atoms with E-state index in [1.807, 2.05) is 37.3 Å². The molecule has 2 atom stereocenters. The molecule has 2 heterocycles. The number of allylic oxidation sites excluding steroid dienone is 2. The van der Waals surface area contributed by atoms with Crippen molar-refractivity contribution in [2.24, 2.45) is 0 Å². The minimum Gasteiger partial charge on any atom is -0.504 e. The van der Waals surface area contributed by atoms with Gasteiger partial charge in [0.25, 0.3) is 0 Å². The van der Waals surface area contributed by atoms with E-state index in [-0.39, 0.29) is 23.2 Å². The number of ketones is 1. The first-order chi connectivity index (χ1) is 14.0. The van der Waals surface area contributed by atoms with Crippen LogP contribution in [0.5, 0.6) is 11.5 Å². The molecule has 0 bridgehead atoms. The molecule has 0 radical (unpaired) electrons. The summed E-state index contributed by atoms with van der Waals surface area (Å²) in [5.41, 5.74) is 4.84. The highest BCUT2D eigenvalue weighted by Gasteiger charge is 2.41. The lowest BCUT2D eigenvalue weighted by Gasteiger charge is -2.34. The number of phenols is 2. The first-order valence-electron chi connectivity index (χ1n) is 9.59. The summed E-state index contributed by atoms with van der Waals surface area (Å²) in [7, 11) is 0. The van der Waals surface area contributed by atoms with Crippen LogP contribution in [0, 0.1) is 6.92 Å². The Morgan fingerprint density at radius 2 is 1.83 bits per heavy atom. The number of benzene rings is 2. The van der Waals surface area contributed by atoms with Crippen molar-refractivity contribution in [3.63, 3.8) is 0 Å². The third-order valence-electron chi connectivity index (χ3n) is 5.86. The normalized spacial score (nSPS) is 20.8. The predicted molar refractivity (Wildman–Crippen MR) is 107 cm³/mol. The molecule has 0 amide bonds. The van der Waals surface area contributed by atoms with Crippen LogP contribution in [-0.2, 0) is 4.79 Å². The fraction of sp³-hybridized carbons (Fsp3) is 0.217. The average molecular weight is 388 g/mol. The van der Waals surface area contributed by atoms with Crippen LogP contribution < -0.4 is 5.32 Å². The van der Waals surface area contributed by atoms with E-state index in [1.165, 1.54) is 12.1 Å². The third-order valence-corrected chi connectivity index (χ3v) is 5.86. The summed E-state index contributed by atoms with van der Waals surface area (Å²) in [5.74, 6) is -0.128. The number of aromatic nitrogens is 1. The van der Waals surface area contributed by atoms with Crippen LogP contribution in [0.3, 0.4) is 0 Å². The number of anilines is 1. The Morgan fingerprint density at radius 1 is 1.03 bits per heavy atom. The predicted octanol–water partition coefficient (Wildman–Crippen LogP) is 4.35. The number of nitrogens with one attached hydrogen (secondary N) is 1. The fourth-order valence-electron chi connectivity index (χ4n) is 4.49. The Hall–Kier alpha value is -3.54. The number of Topliss-reactive ketones (excluding diaryl/α,β-unsaturated/α-hetero) is 1. The lowest BCUT2D eigenvalue weighted by Crippen LogP contribution is -2.29. The number of hydrogen-bond acceptors (Lipinski definition) is 6. The number of phenolic OH excluding ortho intramolecular Hbond substituents is 2. The monoisotopic (exact) mass is 388 g/mol. The molecule has 2 aliphatic rings. The van der Waals surface area contributed by atoms with Crippen LogP contribution in [-0.4, -0.2) is 21.2 Å². The Morgan fingerprint density at radius 3 is 2.59 bits per heavy atom. The summed E-state index contributed by atoms with van der Waals surface area (Å²) < 4.78 is 5.50. The van der Waals surface area contributed by atoms with Gasteiger partial charge in [-0.1, -0.05) is 41.6 Å². The molecule has 0 fully saturated rings. The molecule has 0 spiro atoms. The Kier molecular flexibility index (Phi) is 3.94. The standard InChI is InChI=1S/C23H20N2O4/c1-12-20-21(14-7-8-17(26)18(27)10-14)22-16(24-23(20)29-25-12)9-15(11-19(22)28)13-5-3-2-4-6-13/h2-8,10,15,21,24,26-27H,9,11H2,1H3/t15-,21+/m1/s1. The number of hydrogen-bond donors (Lipinski definition) is 3. The molecule has 29 heavy (non-hydrogen) atoms. The van der Waals surface area contributed by atoms with Crippen LogP contribution in [0.4, 0.5) is 5.88 Å². The SMILES string of the molecule is Cc1noc2c1[C@H](c1ccc(O)c(O)c1)C1=C(C[C@@H](c3ccccc3)CC1=O)N2. The average Bonchev–Trinajstić information content (AvgIpc) is 3.09. The maximum atomic E-state index is 13.3. The summed E-state index contributed by atoms with van der Waals surface area (Å²) in [5, 5.41) is 27.2. The summed E-state index contributed by atoms with van der Waals surface area (Å²) in [6.07, 6.45) is 1.11. The van der Waals surface area contributed by atoms with E-state index in [2.05, 4.69) is 10.5 Å². The second-order valence-corrected chi connectivity index (χ2v) is 7.65. The lowest BCUT2D eigenvalue weighted by atomic mass is 9.72. The number of aromatic hydroxyl groups is 2. The maximum absolute atomic E-state index is 13.3. The Bertz CT molecular complexity index is 1150. The van der Waals surface area contributed by atoms with E-state index in [4.69, 9.17) is 4.52 Å². The van der Waals surface area contributed by atoms with Gasteiger partial charge in [0.15, 0.2) is 17.3 Å². The van der Waals surface area contributed by atoms with Gasteiger partial charge in [-0.3, -0.25) is 4.79 Å². The summed E-state index contributed by atoms with van der Waals surface area (Å²) in [6.45, 7) is 1.84. The van der Waals surface area contributed by atoms with Crippen LogP contribution in [0.15, 0.2) is 64.3 Å². The van der Waals surface area contributed by atoms with Gasteiger partial charge in [-0.05, 0) is 42.5 Å². The molecule has 0 saturated carbocycles. The van der Waals surface area contributed by atoms with Gasteiger partial charge in [0.2, 0.25) is 5.88 Å². The second kappa shape index (κ2) is 6.51. The van der Waals surface area contributed by atoms with Crippen LogP contribution in [0.1, 0.15) is 47.1 Å². The molecule has 5 rings (SSSR count). The smallest absolute Gasteiger partial charge is 0.233 e. The van der Waals surface area contributed by atoms with Gasteiger partial charge in [0.05, 0.1) is 11.3 Å². The fourth-order valence-corrected chi connectivity index (χ4v) is 4.49.